The molecular weight excluding hydrogens is 324 g/mol. The van der Waals surface area contributed by atoms with Crippen molar-refractivity contribution in [3.8, 4) is 0 Å². The maximum absolute atomic E-state index is 13.0. The lowest BCUT2D eigenvalue weighted by molar-refractivity contribution is -0.0992. The lowest BCUT2D eigenvalue weighted by Crippen LogP contribution is -2.53. The average Bonchev–Trinajstić information content (AvgIpc) is 3.24. The molecule has 0 unspecified atom stereocenters. The molecule has 2 fully saturated rings. The molecule has 1 aliphatic heterocycles. The van der Waals surface area contributed by atoms with E-state index in [1.807, 2.05) is 4.90 Å². The largest absolute Gasteiger partial charge is 0.394 e. The third-order valence-electron chi connectivity index (χ3n) is 5.52. The first-order chi connectivity index (χ1) is 12.1. The van der Waals surface area contributed by atoms with Crippen LogP contribution < -0.4 is 0 Å². The van der Waals surface area contributed by atoms with Gasteiger partial charge in [-0.05, 0) is 32.1 Å². The first-order valence-corrected chi connectivity index (χ1v) is 9.17. The molecule has 0 bridgehead atoms. The summed E-state index contributed by atoms with van der Waals surface area (Å²) in [5.41, 5.74) is 0.0683. The Morgan fingerprint density at radius 1 is 1.52 bits per heavy atom. The van der Waals surface area contributed by atoms with Crippen LogP contribution in [0.5, 0.6) is 0 Å². The Hall–Kier alpha value is -1.44. The zero-order valence-electron chi connectivity index (χ0n) is 15.1. The van der Waals surface area contributed by atoms with Gasteiger partial charge in [0.1, 0.15) is 5.76 Å². The molecule has 1 saturated carbocycles. The second-order valence-corrected chi connectivity index (χ2v) is 6.95. The van der Waals surface area contributed by atoms with Crippen molar-refractivity contribution >= 4 is 5.91 Å². The van der Waals surface area contributed by atoms with Gasteiger partial charge < -0.3 is 24.0 Å². The number of aliphatic hydroxyl groups is 1. The summed E-state index contributed by atoms with van der Waals surface area (Å²) < 4.78 is 16.9. The molecule has 1 aliphatic carbocycles. The molecule has 3 rings (SSSR count). The van der Waals surface area contributed by atoms with Crippen molar-refractivity contribution in [2.45, 2.75) is 63.2 Å². The zero-order chi connectivity index (χ0) is 17.9. The first-order valence-electron chi connectivity index (χ1n) is 9.17. The van der Waals surface area contributed by atoms with E-state index in [-0.39, 0.29) is 30.3 Å². The molecule has 7 nitrogen and oxygen atoms in total. The number of carbonyl (C=O) groups is 1. The highest BCUT2D eigenvalue weighted by atomic mass is 16.5. The number of aryl methyl sites for hydroxylation is 1. The number of likely N-dealkylation sites (tertiary alicyclic amines) is 1. The van der Waals surface area contributed by atoms with Crippen molar-refractivity contribution < 1.29 is 23.9 Å². The lowest BCUT2D eigenvalue weighted by Gasteiger charge is -2.43. The molecule has 25 heavy (non-hydrogen) atoms. The van der Waals surface area contributed by atoms with E-state index in [0.29, 0.717) is 18.8 Å². The van der Waals surface area contributed by atoms with Crippen LogP contribution in [0.2, 0.25) is 0 Å². The molecule has 140 valence electrons. The summed E-state index contributed by atoms with van der Waals surface area (Å²) in [5, 5.41) is 12.9. The zero-order valence-corrected chi connectivity index (χ0v) is 15.1. The van der Waals surface area contributed by atoms with Crippen molar-refractivity contribution in [2.24, 2.45) is 0 Å². The fourth-order valence-corrected chi connectivity index (χ4v) is 4.20. The maximum Gasteiger partial charge on any atom is 0.276 e. The summed E-state index contributed by atoms with van der Waals surface area (Å²) in [5.74, 6) is 0.647. The Morgan fingerprint density at radius 3 is 3.08 bits per heavy atom. The molecular formula is C18H28N2O5. The molecule has 1 saturated heterocycles. The van der Waals surface area contributed by atoms with Crippen LogP contribution in [0.4, 0.5) is 0 Å². The molecule has 2 aliphatic rings. The summed E-state index contributed by atoms with van der Waals surface area (Å²) in [6.45, 7) is 3.05. The van der Waals surface area contributed by atoms with Gasteiger partial charge in [0.2, 0.25) is 0 Å². The molecule has 1 amide bonds. The molecule has 0 radical (unpaired) electrons. The Bertz CT molecular complexity index is 590. The van der Waals surface area contributed by atoms with Crippen molar-refractivity contribution in [1.29, 1.82) is 0 Å². The number of amides is 1. The van der Waals surface area contributed by atoms with Gasteiger partial charge in [0, 0.05) is 26.1 Å². The number of hydrogen-bond donors (Lipinski definition) is 1. The van der Waals surface area contributed by atoms with Crippen LogP contribution >= 0.6 is 0 Å². The van der Waals surface area contributed by atoms with Gasteiger partial charge in [-0.1, -0.05) is 12.1 Å². The summed E-state index contributed by atoms with van der Waals surface area (Å²) >= 11 is 0. The Morgan fingerprint density at radius 2 is 2.36 bits per heavy atom. The number of fused-ring (bicyclic) bond motifs is 1. The lowest BCUT2D eigenvalue weighted by atomic mass is 9.79. The standard InChI is InChI=1S/C18H28N2O5/c1-3-4-14-11-15(19-25-14)17(22)20-8-7-18(23-2)6-5-13(12-16(18)20)24-10-9-21/h11,13,16,21H,3-10,12H2,1-2H3/t13-,16+,18-/m1/s1. The summed E-state index contributed by atoms with van der Waals surface area (Å²) in [6, 6.07) is 1.72. The summed E-state index contributed by atoms with van der Waals surface area (Å²) in [6.07, 6.45) is 5.06. The van der Waals surface area contributed by atoms with E-state index < -0.39 is 0 Å². The highest BCUT2D eigenvalue weighted by Crippen LogP contribution is 2.43. The Balaban J connectivity index is 1.75. The molecule has 7 heteroatoms. The predicted octanol–water partition coefficient (Wildman–Crippen LogP) is 1.79. The number of aromatic nitrogens is 1. The first kappa shape index (κ1) is 18.4. The van der Waals surface area contributed by atoms with Gasteiger partial charge in [0.05, 0.1) is 31.0 Å². The van der Waals surface area contributed by atoms with Crippen LogP contribution in [-0.2, 0) is 15.9 Å². The number of carbonyl (C=O) groups excluding carboxylic acids is 1. The number of ether oxygens (including phenoxy) is 2. The quantitative estimate of drug-likeness (QED) is 0.805. The minimum Gasteiger partial charge on any atom is -0.394 e. The number of aliphatic hydroxyl groups excluding tert-OH is 1. The van der Waals surface area contributed by atoms with E-state index in [2.05, 4.69) is 12.1 Å². The van der Waals surface area contributed by atoms with Crippen molar-refractivity contribution in [3.63, 3.8) is 0 Å². The fourth-order valence-electron chi connectivity index (χ4n) is 4.20. The van der Waals surface area contributed by atoms with Gasteiger partial charge in [-0.15, -0.1) is 0 Å². The van der Waals surface area contributed by atoms with Crippen LogP contribution in [-0.4, -0.2) is 65.7 Å². The summed E-state index contributed by atoms with van der Waals surface area (Å²) in [7, 11) is 1.73. The van der Waals surface area contributed by atoms with Gasteiger partial charge >= 0.3 is 0 Å². The van der Waals surface area contributed by atoms with Gasteiger partial charge in [0.25, 0.3) is 5.91 Å². The molecule has 1 aromatic heterocycles. The van der Waals surface area contributed by atoms with Crippen LogP contribution in [0.15, 0.2) is 10.6 Å². The van der Waals surface area contributed by atoms with Crippen LogP contribution in [0.1, 0.15) is 55.3 Å². The number of nitrogens with zero attached hydrogens (tertiary/aromatic N) is 2. The molecule has 2 heterocycles. The second kappa shape index (κ2) is 7.85. The van der Waals surface area contributed by atoms with E-state index >= 15 is 0 Å². The molecule has 3 atom stereocenters. The minimum atomic E-state index is -0.301. The molecule has 1 aromatic rings. The topological polar surface area (TPSA) is 85.0 Å². The average molecular weight is 352 g/mol. The van der Waals surface area contributed by atoms with Gasteiger partial charge in [-0.3, -0.25) is 4.79 Å². The Kier molecular flexibility index (Phi) is 5.76. The number of rotatable bonds is 7. The van der Waals surface area contributed by atoms with E-state index in [4.69, 9.17) is 19.1 Å². The SMILES string of the molecule is CCCc1cc(C(=O)N2CC[C@]3(OC)CC[C@@H](OCCO)C[C@H]23)no1. The van der Waals surface area contributed by atoms with Crippen LogP contribution in [0.3, 0.4) is 0 Å². The smallest absolute Gasteiger partial charge is 0.276 e. The normalized spacial score (nSPS) is 29.0. The highest BCUT2D eigenvalue weighted by Gasteiger charge is 2.53. The summed E-state index contributed by atoms with van der Waals surface area (Å²) in [4.78, 5) is 14.8. The third kappa shape index (κ3) is 3.59. The third-order valence-corrected chi connectivity index (χ3v) is 5.52. The van der Waals surface area contributed by atoms with Crippen molar-refractivity contribution in [3.05, 3.63) is 17.5 Å². The second-order valence-electron chi connectivity index (χ2n) is 6.95. The Labute approximate surface area is 148 Å². The van der Waals surface area contributed by atoms with Gasteiger partial charge in [-0.2, -0.15) is 0 Å². The molecule has 0 aromatic carbocycles. The molecule has 0 spiro atoms. The number of hydrogen-bond acceptors (Lipinski definition) is 6. The molecule has 1 N–H and O–H groups in total. The van der Waals surface area contributed by atoms with Crippen LogP contribution in [0.25, 0.3) is 0 Å². The number of methoxy groups -OCH3 is 1. The van der Waals surface area contributed by atoms with Gasteiger partial charge in [0.15, 0.2) is 5.69 Å². The van der Waals surface area contributed by atoms with E-state index in [1.165, 1.54) is 0 Å². The van der Waals surface area contributed by atoms with Crippen molar-refractivity contribution in [2.75, 3.05) is 26.9 Å². The highest BCUT2D eigenvalue weighted by molar-refractivity contribution is 5.92. The van der Waals surface area contributed by atoms with E-state index in [1.54, 1.807) is 13.2 Å². The van der Waals surface area contributed by atoms with E-state index in [9.17, 15) is 4.79 Å². The van der Waals surface area contributed by atoms with Gasteiger partial charge in [-0.25, -0.2) is 0 Å². The van der Waals surface area contributed by atoms with E-state index in [0.717, 1.165) is 44.3 Å². The maximum atomic E-state index is 13.0. The predicted molar refractivity (Wildman–Crippen MR) is 90.4 cm³/mol. The minimum absolute atomic E-state index is 0.0123. The van der Waals surface area contributed by atoms with Crippen molar-refractivity contribution in [1.82, 2.24) is 10.1 Å². The fraction of sp³-hybridized carbons (Fsp3) is 0.778. The monoisotopic (exact) mass is 352 g/mol. The van der Waals surface area contributed by atoms with Crippen LogP contribution in [0, 0.1) is 0 Å².